The van der Waals surface area contributed by atoms with Crippen LogP contribution >= 0.6 is 11.6 Å². The number of nitrogens with one attached hydrogen (secondary N) is 1. The monoisotopic (exact) mass is 267 g/mol. The Bertz CT molecular complexity index is 395. The highest BCUT2D eigenvalue weighted by Crippen LogP contribution is 2.23. The van der Waals surface area contributed by atoms with Gasteiger partial charge in [0, 0.05) is 19.1 Å². The van der Waals surface area contributed by atoms with Crippen molar-refractivity contribution in [3.05, 3.63) is 22.8 Å². The van der Waals surface area contributed by atoms with Crippen LogP contribution in [0.1, 0.15) is 38.8 Å². The van der Waals surface area contributed by atoms with Gasteiger partial charge < -0.3 is 5.32 Å². The van der Waals surface area contributed by atoms with E-state index >= 15 is 0 Å². The molecule has 3 nitrogen and oxygen atoms in total. The van der Waals surface area contributed by atoms with Crippen LogP contribution in [-0.2, 0) is 6.54 Å². The Balaban J connectivity index is 2.06. The van der Waals surface area contributed by atoms with Gasteiger partial charge in [-0.15, -0.1) is 0 Å². The highest BCUT2D eigenvalue weighted by molar-refractivity contribution is 6.31. The maximum atomic E-state index is 6.24. The molecule has 0 saturated carbocycles. The Morgan fingerprint density at radius 3 is 3.00 bits per heavy atom. The fourth-order valence-electron chi connectivity index (χ4n) is 2.37. The molecule has 1 aliphatic rings. The first-order chi connectivity index (χ1) is 8.70. The van der Waals surface area contributed by atoms with Crippen molar-refractivity contribution in [2.75, 3.05) is 18.4 Å². The van der Waals surface area contributed by atoms with Crippen LogP contribution in [0.2, 0.25) is 5.02 Å². The average Bonchev–Trinajstić information content (AvgIpc) is 2.76. The maximum Gasteiger partial charge on any atom is 0.126 e. The number of likely N-dealkylation sites (tertiary alicyclic amines) is 1. The van der Waals surface area contributed by atoms with E-state index in [2.05, 4.69) is 29.0 Å². The minimum absolute atomic E-state index is 0.648. The van der Waals surface area contributed by atoms with Gasteiger partial charge in [0.2, 0.25) is 0 Å². The normalized spacial score (nSPS) is 20.3. The average molecular weight is 268 g/mol. The fourth-order valence-corrected chi connectivity index (χ4v) is 2.53. The first-order valence-electron chi connectivity index (χ1n) is 6.84. The summed E-state index contributed by atoms with van der Waals surface area (Å²) in [6.07, 6.45) is 3.67. The molecule has 2 heterocycles. The minimum Gasteiger partial charge on any atom is -0.370 e. The lowest BCUT2D eigenvalue weighted by Gasteiger charge is -2.21. The summed E-state index contributed by atoms with van der Waals surface area (Å²) in [5.74, 6) is 0.933. The Labute approximate surface area is 115 Å². The smallest absolute Gasteiger partial charge is 0.126 e. The number of anilines is 1. The first-order valence-corrected chi connectivity index (χ1v) is 7.22. The third-order valence-electron chi connectivity index (χ3n) is 3.52. The van der Waals surface area contributed by atoms with E-state index < -0.39 is 0 Å². The van der Waals surface area contributed by atoms with Crippen molar-refractivity contribution in [2.24, 2.45) is 0 Å². The molecule has 100 valence electrons. The Kier molecular flexibility index (Phi) is 4.84. The summed E-state index contributed by atoms with van der Waals surface area (Å²) in [6, 6.07) is 4.55. The van der Waals surface area contributed by atoms with E-state index in [9.17, 15) is 0 Å². The number of hydrogen-bond donors (Lipinski definition) is 1. The highest BCUT2D eigenvalue weighted by atomic mass is 35.5. The molecule has 0 bridgehead atoms. The second-order valence-electron chi connectivity index (χ2n) is 5.01. The van der Waals surface area contributed by atoms with Gasteiger partial charge in [-0.05, 0) is 44.9 Å². The van der Waals surface area contributed by atoms with Crippen LogP contribution in [0.4, 0.5) is 5.82 Å². The molecule has 18 heavy (non-hydrogen) atoms. The summed E-state index contributed by atoms with van der Waals surface area (Å²) >= 11 is 6.24. The molecule has 1 aliphatic heterocycles. The van der Waals surface area contributed by atoms with E-state index in [1.807, 2.05) is 12.1 Å². The predicted octanol–water partition coefficient (Wildman–Crippen LogP) is 3.54. The van der Waals surface area contributed by atoms with E-state index in [0.717, 1.165) is 42.6 Å². The quantitative estimate of drug-likeness (QED) is 0.884. The zero-order valence-electron chi connectivity index (χ0n) is 11.2. The largest absolute Gasteiger partial charge is 0.370 e. The van der Waals surface area contributed by atoms with E-state index in [-0.39, 0.29) is 0 Å². The standard InChI is InChI=1S/C14H22ClN3/c1-3-8-16-14-7-6-12(15)13(17-14)10-18-9-4-5-11(18)2/h6-7,11H,3-5,8-10H2,1-2H3,(H,16,17). The van der Waals surface area contributed by atoms with Crippen LogP contribution in [0.3, 0.4) is 0 Å². The van der Waals surface area contributed by atoms with E-state index in [0.29, 0.717) is 6.04 Å². The Morgan fingerprint density at radius 1 is 1.50 bits per heavy atom. The molecule has 1 fully saturated rings. The van der Waals surface area contributed by atoms with E-state index in [1.54, 1.807) is 0 Å². The molecular formula is C14H22ClN3. The number of rotatable bonds is 5. The molecule has 1 saturated heterocycles. The SMILES string of the molecule is CCCNc1ccc(Cl)c(CN2CCCC2C)n1. The van der Waals surface area contributed by atoms with Crippen molar-refractivity contribution in [2.45, 2.75) is 45.7 Å². The van der Waals surface area contributed by atoms with Gasteiger partial charge in [-0.1, -0.05) is 18.5 Å². The van der Waals surface area contributed by atoms with Crippen LogP contribution in [0, 0.1) is 0 Å². The lowest BCUT2D eigenvalue weighted by atomic mass is 10.2. The summed E-state index contributed by atoms with van der Waals surface area (Å²) in [4.78, 5) is 7.08. The molecule has 1 N–H and O–H groups in total. The van der Waals surface area contributed by atoms with Crippen molar-refractivity contribution in [3.8, 4) is 0 Å². The summed E-state index contributed by atoms with van der Waals surface area (Å²) in [6.45, 7) is 7.40. The Hall–Kier alpha value is -0.800. The van der Waals surface area contributed by atoms with Crippen LogP contribution in [-0.4, -0.2) is 29.0 Å². The van der Waals surface area contributed by atoms with Gasteiger partial charge in [-0.3, -0.25) is 4.90 Å². The maximum absolute atomic E-state index is 6.24. The molecule has 0 spiro atoms. The molecule has 1 unspecified atom stereocenters. The van der Waals surface area contributed by atoms with Gasteiger partial charge in [-0.2, -0.15) is 0 Å². The van der Waals surface area contributed by atoms with Gasteiger partial charge in [-0.25, -0.2) is 4.98 Å². The van der Waals surface area contributed by atoms with Crippen LogP contribution in [0.5, 0.6) is 0 Å². The zero-order chi connectivity index (χ0) is 13.0. The van der Waals surface area contributed by atoms with Gasteiger partial charge >= 0.3 is 0 Å². The minimum atomic E-state index is 0.648. The summed E-state index contributed by atoms with van der Waals surface area (Å²) in [5.41, 5.74) is 0.992. The van der Waals surface area contributed by atoms with Crippen molar-refractivity contribution in [3.63, 3.8) is 0 Å². The zero-order valence-corrected chi connectivity index (χ0v) is 12.0. The third-order valence-corrected chi connectivity index (χ3v) is 3.86. The lowest BCUT2D eigenvalue weighted by molar-refractivity contribution is 0.257. The molecule has 4 heteroatoms. The van der Waals surface area contributed by atoms with Gasteiger partial charge in [0.15, 0.2) is 0 Å². The number of nitrogens with zero attached hydrogens (tertiary/aromatic N) is 2. The molecule has 1 aromatic rings. The second kappa shape index (κ2) is 6.39. The molecular weight excluding hydrogens is 246 g/mol. The van der Waals surface area contributed by atoms with Crippen LogP contribution in [0.25, 0.3) is 0 Å². The summed E-state index contributed by atoms with van der Waals surface area (Å²) < 4.78 is 0. The molecule has 0 aromatic carbocycles. The molecule has 0 aliphatic carbocycles. The number of aromatic nitrogens is 1. The van der Waals surface area contributed by atoms with Gasteiger partial charge in [0.05, 0.1) is 10.7 Å². The molecule has 2 rings (SSSR count). The van der Waals surface area contributed by atoms with E-state index in [1.165, 1.54) is 12.8 Å². The molecule has 1 atom stereocenters. The molecule has 0 amide bonds. The van der Waals surface area contributed by atoms with Gasteiger partial charge in [0.1, 0.15) is 5.82 Å². The molecule has 1 aromatic heterocycles. The van der Waals surface area contributed by atoms with E-state index in [4.69, 9.17) is 11.6 Å². The number of halogens is 1. The predicted molar refractivity (Wildman–Crippen MR) is 77.1 cm³/mol. The topological polar surface area (TPSA) is 28.2 Å². The lowest BCUT2D eigenvalue weighted by Crippen LogP contribution is -2.26. The van der Waals surface area contributed by atoms with Crippen molar-refractivity contribution >= 4 is 17.4 Å². The third kappa shape index (κ3) is 3.36. The highest BCUT2D eigenvalue weighted by Gasteiger charge is 2.21. The summed E-state index contributed by atoms with van der Waals surface area (Å²) in [5, 5.41) is 4.08. The van der Waals surface area contributed by atoms with Gasteiger partial charge in [0.25, 0.3) is 0 Å². The van der Waals surface area contributed by atoms with Crippen molar-refractivity contribution < 1.29 is 0 Å². The Morgan fingerprint density at radius 2 is 2.33 bits per heavy atom. The second-order valence-corrected chi connectivity index (χ2v) is 5.42. The number of hydrogen-bond acceptors (Lipinski definition) is 3. The van der Waals surface area contributed by atoms with Crippen LogP contribution in [0.15, 0.2) is 12.1 Å². The number of pyridine rings is 1. The van der Waals surface area contributed by atoms with Crippen LogP contribution < -0.4 is 5.32 Å². The summed E-state index contributed by atoms with van der Waals surface area (Å²) in [7, 11) is 0. The molecule has 0 radical (unpaired) electrons. The first kappa shape index (κ1) is 13.6. The van der Waals surface area contributed by atoms with Crippen molar-refractivity contribution in [1.29, 1.82) is 0 Å². The van der Waals surface area contributed by atoms with Crippen molar-refractivity contribution in [1.82, 2.24) is 9.88 Å². The fraction of sp³-hybridized carbons (Fsp3) is 0.643.